The van der Waals surface area contributed by atoms with Crippen molar-refractivity contribution in [3.63, 3.8) is 0 Å². The summed E-state index contributed by atoms with van der Waals surface area (Å²) in [6, 6.07) is 0. The van der Waals surface area contributed by atoms with Crippen LogP contribution in [0.5, 0.6) is 5.75 Å². The van der Waals surface area contributed by atoms with E-state index in [1.807, 2.05) is 13.1 Å². The van der Waals surface area contributed by atoms with Crippen LogP contribution >= 0.6 is 0 Å². The minimum atomic E-state index is 0.154. The second-order valence-corrected chi connectivity index (χ2v) is 5.53. The fraction of sp³-hybridized carbons (Fsp3) is 0.667. The van der Waals surface area contributed by atoms with Crippen molar-refractivity contribution < 1.29 is 4.74 Å². The van der Waals surface area contributed by atoms with Crippen LogP contribution in [0.3, 0.4) is 0 Å². The molecule has 0 spiro atoms. The maximum atomic E-state index is 5.43. The molecule has 3 nitrogen and oxygen atoms in total. The third-order valence-corrected chi connectivity index (χ3v) is 3.36. The van der Waals surface area contributed by atoms with Crippen LogP contribution in [0.1, 0.15) is 50.4 Å². The third-order valence-electron chi connectivity index (χ3n) is 3.36. The summed E-state index contributed by atoms with van der Waals surface area (Å²) in [6.45, 7) is 11.6. The Morgan fingerprint density at radius 2 is 2.00 bits per heavy atom. The van der Waals surface area contributed by atoms with Crippen LogP contribution in [-0.2, 0) is 6.54 Å². The second kappa shape index (κ2) is 6.19. The molecular formula is C15H26N2O. The Morgan fingerprint density at radius 1 is 1.33 bits per heavy atom. The molecule has 1 rings (SSSR count). The second-order valence-electron chi connectivity index (χ2n) is 5.53. The number of pyridine rings is 1. The summed E-state index contributed by atoms with van der Waals surface area (Å²) in [7, 11) is 1.72. The van der Waals surface area contributed by atoms with E-state index in [1.54, 1.807) is 7.11 Å². The summed E-state index contributed by atoms with van der Waals surface area (Å²) in [4.78, 5) is 4.51. The standard InChI is InChI=1S/C15H26N2O/c1-7-8-15(4,5)17-10-13-12(3)14(18-6)11(2)9-16-13/h9,17H,7-8,10H2,1-6H3. The summed E-state index contributed by atoms with van der Waals surface area (Å²) in [5.74, 6) is 0.954. The molecular weight excluding hydrogens is 224 g/mol. The van der Waals surface area contributed by atoms with Gasteiger partial charge in [-0.2, -0.15) is 0 Å². The normalized spacial score (nSPS) is 11.7. The van der Waals surface area contributed by atoms with E-state index in [0.717, 1.165) is 35.5 Å². The van der Waals surface area contributed by atoms with E-state index in [9.17, 15) is 0 Å². The van der Waals surface area contributed by atoms with E-state index in [1.165, 1.54) is 6.42 Å². The Bertz CT molecular complexity index is 400. The predicted molar refractivity (Wildman–Crippen MR) is 76.1 cm³/mol. The highest BCUT2D eigenvalue weighted by atomic mass is 16.5. The van der Waals surface area contributed by atoms with E-state index < -0.39 is 0 Å². The van der Waals surface area contributed by atoms with Crippen molar-refractivity contribution in [2.75, 3.05) is 7.11 Å². The third kappa shape index (κ3) is 3.70. The highest BCUT2D eigenvalue weighted by molar-refractivity contribution is 5.41. The molecule has 0 aliphatic heterocycles. The summed E-state index contributed by atoms with van der Waals surface area (Å²) >= 11 is 0. The van der Waals surface area contributed by atoms with Crippen molar-refractivity contribution in [1.82, 2.24) is 10.3 Å². The van der Waals surface area contributed by atoms with Crippen LogP contribution in [0, 0.1) is 13.8 Å². The van der Waals surface area contributed by atoms with E-state index in [4.69, 9.17) is 4.74 Å². The zero-order valence-electron chi connectivity index (χ0n) is 12.6. The number of rotatable bonds is 6. The number of nitrogens with one attached hydrogen (secondary N) is 1. The van der Waals surface area contributed by atoms with E-state index in [0.29, 0.717) is 0 Å². The summed E-state index contributed by atoms with van der Waals surface area (Å²) in [5.41, 5.74) is 3.45. The first kappa shape index (κ1) is 15.0. The number of hydrogen-bond donors (Lipinski definition) is 1. The number of nitrogens with zero attached hydrogens (tertiary/aromatic N) is 1. The van der Waals surface area contributed by atoms with Crippen molar-refractivity contribution in [2.45, 2.75) is 59.5 Å². The van der Waals surface area contributed by atoms with Crippen LogP contribution in [0.4, 0.5) is 0 Å². The van der Waals surface area contributed by atoms with Gasteiger partial charge in [0, 0.05) is 29.4 Å². The Kier molecular flexibility index (Phi) is 5.15. The Balaban J connectivity index is 2.80. The van der Waals surface area contributed by atoms with Gasteiger partial charge in [0.05, 0.1) is 12.8 Å². The van der Waals surface area contributed by atoms with Gasteiger partial charge in [-0.15, -0.1) is 0 Å². The molecule has 1 aromatic rings. The lowest BCUT2D eigenvalue weighted by Crippen LogP contribution is -2.38. The lowest BCUT2D eigenvalue weighted by atomic mass is 9.98. The van der Waals surface area contributed by atoms with Crippen LogP contribution < -0.4 is 10.1 Å². The van der Waals surface area contributed by atoms with Gasteiger partial charge in [-0.3, -0.25) is 4.98 Å². The zero-order valence-corrected chi connectivity index (χ0v) is 12.6. The summed E-state index contributed by atoms with van der Waals surface area (Å²) < 4.78 is 5.43. The van der Waals surface area contributed by atoms with Crippen LogP contribution in [0.25, 0.3) is 0 Å². The fourth-order valence-electron chi connectivity index (χ4n) is 2.29. The number of ether oxygens (including phenoxy) is 1. The maximum absolute atomic E-state index is 5.43. The molecule has 0 atom stereocenters. The van der Waals surface area contributed by atoms with Gasteiger partial charge < -0.3 is 10.1 Å². The first-order chi connectivity index (χ1) is 8.41. The maximum Gasteiger partial charge on any atom is 0.128 e. The molecule has 1 heterocycles. The molecule has 0 aromatic carbocycles. The molecule has 0 amide bonds. The van der Waals surface area contributed by atoms with Gasteiger partial charge in [0.15, 0.2) is 0 Å². The Morgan fingerprint density at radius 3 is 2.56 bits per heavy atom. The molecule has 0 fully saturated rings. The average Bonchev–Trinajstić information content (AvgIpc) is 2.28. The van der Waals surface area contributed by atoms with Crippen molar-refractivity contribution >= 4 is 0 Å². The molecule has 102 valence electrons. The number of aryl methyl sites for hydroxylation is 1. The Hall–Kier alpha value is -1.09. The van der Waals surface area contributed by atoms with Gasteiger partial charge in [-0.25, -0.2) is 0 Å². The van der Waals surface area contributed by atoms with Crippen molar-refractivity contribution in [1.29, 1.82) is 0 Å². The molecule has 0 bridgehead atoms. The van der Waals surface area contributed by atoms with Crippen molar-refractivity contribution in [2.24, 2.45) is 0 Å². The first-order valence-electron chi connectivity index (χ1n) is 6.65. The predicted octanol–water partition coefficient (Wildman–Crippen LogP) is 3.38. The van der Waals surface area contributed by atoms with Gasteiger partial charge >= 0.3 is 0 Å². The van der Waals surface area contributed by atoms with Crippen molar-refractivity contribution in [3.8, 4) is 5.75 Å². The first-order valence-corrected chi connectivity index (χ1v) is 6.65. The molecule has 0 saturated heterocycles. The fourth-order valence-corrected chi connectivity index (χ4v) is 2.29. The number of hydrogen-bond acceptors (Lipinski definition) is 3. The average molecular weight is 250 g/mol. The minimum absolute atomic E-state index is 0.154. The van der Waals surface area contributed by atoms with Crippen molar-refractivity contribution in [3.05, 3.63) is 23.0 Å². The molecule has 0 aliphatic rings. The molecule has 1 N–H and O–H groups in total. The summed E-state index contributed by atoms with van der Waals surface area (Å²) in [6.07, 6.45) is 4.23. The van der Waals surface area contributed by atoms with E-state index >= 15 is 0 Å². The SMILES string of the molecule is CCCC(C)(C)NCc1ncc(C)c(OC)c1C. The summed E-state index contributed by atoms with van der Waals surface area (Å²) in [5, 5.41) is 3.57. The zero-order chi connectivity index (χ0) is 13.8. The van der Waals surface area contributed by atoms with Gasteiger partial charge in [-0.05, 0) is 34.1 Å². The smallest absolute Gasteiger partial charge is 0.128 e. The number of methoxy groups -OCH3 is 1. The largest absolute Gasteiger partial charge is 0.496 e. The highest BCUT2D eigenvalue weighted by Gasteiger charge is 2.17. The van der Waals surface area contributed by atoms with Crippen LogP contribution in [0.15, 0.2) is 6.20 Å². The quantitative estimate of drug-likeness (QED) is 0.840. The van der Waals surface area contributed by atoms with E-state index in [-0.39, 0.29) is 5.54 Å². The molecule has 0 saturated carbocycles. The number of aromatic nitrogens is 1. The van der Waals surface area contributed by atoms with E-state index in [2.05, 4.69) is 38.0 Å². The highest BCUT2D eigenvalue weighted by Crippen LogP contribution is 2.24. The molecule has 1 aromatic heterocycles. The minimum Gasteiger partial charge on any atom is -0.496 e. The topological polar surface area (TPSA) is 34.2 Å². The van der Waals surface area contributed by atoms with Crippen LogP contribution in [0.2, 0.25) is 0 Å². The molecule has 3 heteroatoms. The van der Waals surface area contributed by atoms with Gasteiger partial charge in [0.2, 0.25) is 0 Å². The molecule has 18 heavy (non-hydrogen) atoms. The monoisotopic (exact) mass is 250 g/mol. The van der Waals surface area contributed by atoms with Gasteiger partial charge in [-0.1, -0.05) is 13.3 Å². The van der Waals surface area contributed by atoms with Crippen LogP contribution in [-0.4, -0.2) is 17.6 Å². The Labute approximate surface area is 111 Å². The molecule has 0 unspecified atom stereocenters. The molecule has 0 aliphatic carbocycles. The molecule has 0 radical (unpaired) electrons. The van der Waals surface area contributed by atoms with Gasteiger partial charge in [0.1, 0.15) is 5.75 Å². The van der Waals surface area contributed by atoms with Gasteiger partial charge in [0.25, 0.3) is 0 Å². The lowest BCUT2D eigenvalue weighted by Gasteiger charge is -2.26. The lowest BCUT2D eigenvalue weighted by molar-refractivity contribution is 0.353.